The van der Waals surface area contributed by atoms with Gasteiger partial charge in [-0.1, -0.05) is 18.5 Å². The zero-order chi connectivity index (χ0) is 14.4. The third kappa shape index (κ3) is 3.74. The molecule has 106 valence electrons. The van der Waals surface area contributed by atoms with E-state index in [-0.39, 0.29) is 0 Å². The molecule has 0 radical (unpaired) electrons. The molecule has 0 amide bonds. The van der Waals surface area contributed by atoms with Crippen LogP contribution in [0.5, 0.6) is 5.75 Å². The van der Waals surface area contributed by atoms with Crippen LogP contribution in [0.25, 0.3) is 0 Å². The van der Waals surface area contributed by atoms with Gasteiger partial charge in [-0.25, -0.2) is 4.98 Å². The maximum atomic E-state index is 5.99. The molecule has 1 aromatic carbocycles. The predicted molar refractivity (Wildman–Crippen MR) is 82.1 cm³/mol. The number of methoxy groups -OCH3 is 1. The highest BCUT2D eigenvalue weighted by atomic mass is 35.5. The molecule has 0 bridgehead atoms. The van der Waals surface area contributed by atoms with E-state index in [1.165, 1.54) is 0 Å². The van der Waals surface area contributed by atoms with Crippen molar-refractivity contribution in [3.8, 4) is 5.75 Å². The number of ether oxygens (including phenoxy) is 1. The van der Waals surface area contributed by atoms with Gasteiger partial charge in [0.05, 0.1) is 12.1 Å². The van der Waals surface area contributed by atoms with Crippen molar-refractivity contribution in [2.45, 2.75) is 13.3 Å². The van der Waals surface area contributed by atoms with Crippen molar-refractivity contribution < 1.29 is 4.74 Å². The highest BCUT2D eigenvalue weighted by Gasteiger charge is 2.04. The van der Waals surface area contributed by atoms with Gasteiger partial charge in [0, 0.05) is 24.5 Å². The van der Waals surface area contributed by atoms with E-state index in [1.54, 1.807) is 25.4 Å². The van der Waals surface area contributed by atoms with Gasteiger partial charge >= 0.3 is 0 Å². The van der Waals surface area contributed by atoms with Gasteiger partial charge in [0.2, 0.25) is 5.95 Å². The first-order chi connectivity index (χ1) is 9.72. The summed E-state index contributed by atoms with van der Waals surface area (Å²) in [4.78, 5) is 8.53. The van der Waals surface area contributed by atoms with Gasteiger partial charge in [0.15, 0.2) is 0 Å². The normalized spacial score (nSPS) is 10.2. The van der Waals surface area contributed by atoms with E-state index >= 15 is 0 Å². The lowest BCUT2D eigenvalue weighted by Gasteiger charge is -2.10. The van der Waals surface area contributed by atoms with E-state index < -0.39 is 0 Å². The summed E-state index contributed by atoms with van der Waals surface area (Å²) < 4.78 is 5.18. The third-order valence-corrected chi connectivity index (χ3v) is 2.92. The molecule has 2 N–H and O–H groups in total. The molecule has 0 aliphatic heterocycles. The standard InChI is InChI=1S/C14H17ClN4O/c1-3-7-16-14-17-8-6-13(19-14)18-10-4-5-11(15)12(9-10)20-2/h4-6,8-9H,3,7H2,1-2H3,(H2,16,17,18,19). The molecule has 0 aliphatic carbocycles. The van der Waals surface area contributed by atoms with E-state index in [4.69, 9.17) is 16.3 Å². The van der Waals surface area contributed by atoms with Crippen molar-refractivity contribution >= 4 is 29.1 Å². The number of anilines is 3. The number of nitrogens with zero attached hydrogens (tertiary/aromatic N) is 2. The molecule has 0 atom stereocenters. The van der Waals surface area contributed by atoms with Crippen LogP contribution in [0.3, 0.4) is 0 Å². The molecule has 0 saturated heterocycles. The molecule has 0 unspecified atom stereocenters. The monoisotopic (exact) mass is 292 g/mol. The molecular weight excluding hydrogens is 276 g/mol. The third-order valence-electron chi connectivity index (χ3n) is 2.61. The van der Waals surface area contributed by atoms with Crippen LogP contribution in [0.1, 0.15) is 13.3 Å². The van der Waals surface area contributed by atoms with Crippen molar-refractivity contribution in [3.05, 3.63) is 35.5 Å². The van der Waals surface area contributed by atoms with Gasteiger partial charge in [0.1, 0.15) is 11.6 Å². The SMILES string of the molecule is CCCNc1nccc(Nc2ccc(Cl)c(OC)c2)n1. The Morgan fingerprint density at radius 1 is 1.30 bits per heavy atom. The fraction of sp³-hybridized carbons (Fsp3) is 0.286. The van der Waals surface area contributed by atoms with E-state index in [2.05, 4.69) is 27.5 Å². The summed E-state index contributed by atoms with van der Waals surface area (Å²) in [7, 11) is 1.59. The number of aromatic nitrogens is 2. The van der Waals surface area contributed by atoms with Gasteiger partial charge in [-0.2, -0.15) is 4.98 Å². The van der Waals surface area contributed by atoms with Gasteiger partial charge < -0.3 is 15.4 Å². The minimum atomic E-state index is 0.575. The number of benzene rings is 1. The zero-order valence-electron chi connectivity index (χ0n) is 11.5. The molecule has 6 heteroatoms. The van der Waals surface area contributed by atoms with Gasteiger partial charge in [-0.3, -0.25) is 0 Å². The summed E-state index contributed by atoms with van der Waals surface area (Å²) in [5.41, 5.74) is 0.853. The lowest BCUT2D eigenvalue weighted by Crippen LogP contribution is -2.05. The van der Waals surface area contributed by atoms with Crippen molar-refractivity contribution in [2.24, 2.45) is 0 Å². The molecule has 0 saturated carbocycles. The molecule has 5 nitrogen and oxygen atoms in total. The molecule has 2 aromatic rings. The molecule has 1 aromatic heterocycles. The molecule has 0 fully saturated rings. The summed E-state index contributed by atoms with van der Waals surface area (Å²) in [6, 6.07) is 7.27. The molecule has 0 spiro atoms. The maximum absolute atomic E-state index is 5.99. The average molecular weight is 293 g/mol. The number of rotatable bonds is 6. The Morgan fingerprint density at radius 2 is 2.15 bits per heavy atom. The lowest BCUT2D eigenvalue weighted by molar-refractivity contribution is 0.415. The number of halogens is 1. The first-order valence-corrected chi connectivity index (χ1v) is 6.78. The minimum Gasteiger partial charge on any atom is -0.495 e. The maximum Gasteiger partial charge on any atom is 0.224 e. The first-order valence-electron chi connectivity index (χ1n) is 6.40. The average Bonchev–Trinajstić information content (AvgIpc) is 2.47. The zero-order valence-corrected chi connectivity index (χ0v) is 12.2. The van der Waals surface area contributed by atoms with Crippen LogP contribution in [-0.2, 0) is 0 Å². The Labute approximate surface area is 123 Å². The Kier molecular flexibility index (Phi) is 5.01. The van der Waals surface area contributed by atoms with E-state index in [0.29, 0.717) is 22.5 Å². The van der Waals surface area contributed by atoms with Crippen LogP contribution >= 0.6 is 11.6 Å². The summed E-state index contributed by atoms with van der Waals surface area (Å²) in [5.74, 6) is 1.94. The van der Waals surface area contributed by atoms with Crippen LogP contribution in [0.4, 0.5) is 17.5 Å². The molecule has 0 aliphatic rings. The van der Waals surface area contributed by atoms with Crippen molar-refractivity contribution in [3.63, 3.8) is 0 Å². The van der Waals surface area contributed by atoms with Crippen LogP contribution in [0, 0.1) is 0 Å². The second kappa shape index (κ2) is 6.96. The summed E-state index contributed by atoms with van der Waals surface area (Å²) in [6.45, 7) is 2.94. The van der Waals surface area contributed by atoms with Crippen LogP contribution < -0.4 is 15.4 Å². The highest BCUT2D eigenvalue weighted by molar-refractivity contribution is 6.32. The number of nitrogens with one attached hydrogen (secondary N) is 2. The van der Waals surface area contributed by atoms with Gasteiger partial charge in [-0.15, -0.1) is 0 Å². The fourth-order valence-electron chi connectivity index (χ4n) is 1.64. The van der Waals surface area contributed by atoms with Crippen LogP contribution in [0.2, 0.25) is 5.02 Å². The lowest BCUT2D eigenvalue weighted by atomic mass is 10.3. The number of hydrogen-bond acceptors (Lipinski definition) is 5. The largest absolute Gasteiger partial charge is 0.495 e. The van der Waals surface area contributed by atoms with E-state index in [0.717, 1.165) is 18.7 Å². The Morgan fingerprint density at radius 3 is 2.90 bits per heavy atom. The summed E-state index contributed by atoms with van der Waals surface area (Å²) in [6.07, 6.45) is 2.73. The summed E-state index contributed by atoms with van der Waals surface area (Å²) >= 11 is 5.99. The minimum absolute atomic E-state index is 0.575. The number of hydrogen-bond donors (Lipinski definition) is 2. The Balaban J connectivity index is 2.13. The molecular formula is C14H17ClN4O. The van der Waals surface area contributed by atoms with Gasteiger partial charge in [-0.05, 0) is 24.6 Å². The topological polar surface area (TPSA) is 59.1 Å². The van der Waals surface area contributed by atoms with Crippen molar-refractivity contribution in [1.82, 2.24) is 9.97 Å². The second-order valence-electron chi connectivity index (χ2n) is 4.17. The molecule has 1 heterocycles. The summed E-state index contributed by atoms with van der Waals surface area (Å²) in [5, 5.41) is 6.91. The van der Waals surface area contributed by atoms with E-state index in [9.17, 15) is 0 Å². The second-order valence-corrected chi connectivity index (χ2v) is 4.57. The van der Waals surface area contributed by atoms with E-state index in [1.807, 2.05) is 12.1 Å². The molecule has 20 heavy (non-hydrogen) atoms. The Bertz CT molecular complexity index is 577. The van der Waals surface area contributed by atoms with Crippen LogP contribution in [0.15, 0.2) is 30.5 Å². The highest BCUT2D eigenvalue weighted by Crippen LogP contribution is 2.28. The van der Waals surface area contributed by atoms with Crippen molar-refractivity contribution in [1.29, 1.82) is 0 Å². The smallest absolute Gasteiger partial charge is 0.224 e. The first kappa shape index (κ1) is 14.4. The van der Waals surface area contributed by atoms with Crippen molar-refractivity contribution in [2.75, 3.05) is 24.3 Å². The Hall–Kier alpha value is -2.01. The van der Waals surface area contributed by atoms with Crippen LogP contribution in [-0.4, -0.2) is 23.6 Å². The fourth-order valence-corrected chi connectivity index (χ4v) is 1.83. The molecule has 2 rings (SSSR count). The predicted octanol–water partition coefficient (Wildman–Crippen LogP) is 3.70. The van der Waals surface area contributed by atoms with Gasteiger partial charge in [0.25, 0.3) is 0 Å². The quantitative estimate of drug-likeness (QED) is 0.850.